The fraction of sp³-hybridized carbons (Fsp3) is 0.385. The van der Waals surface area contributed by atoms with E-state index in [0.717, 1.165) is 11.0 Å². The van der Waals surface area contributed by atoms with Crippen molar-refractivity contribution in [3.63, 3.8) is 0 Å². The summed E-state index contributed by atoms with van der Waals surface area (Å²) >= 11 is 0. The van der Waals surface area contributed by atoms with E-state index in [1.807, 2.05) is 0 Å². The molecule has 0 aliphatic heterocycles. The fourth-order valence-electron chi connectivity index (χ4n) is 1.89. The number of aromatic nitrogens is 2. The highest BCUT2D eigenvalue weighted by atomic mass is 14.8. The van der Waals surface area contributed by atoms with Gasteiger partial charge in [0.05, 0.1) is 11.0 Å². The van der Waals surface area contributed by atoms with Crippen LogP contribution in [0.4, 0.5) is 0 Å². The zero-order chi connectivity index (χ0) is 10.7. The molecule has 1 heterocycles. The van der Waals surface area contributed by atoms with Crippen molar-refractivity contribution in [3.05, 3.63) is 36.2 Å². The van der Waals surface area contributed by atoms with E-state index in [1.165, 1.54) is 18.4 Å². The Balaban J connectivity index is 2.38. The average molecular weight is 200 g/mol. The van der Waals surface area contributed by atoms with Gasteiger partial charge in [0, 0.05) is 12.4 Å². The summed E-state index contributed by atoms with van der Waals surface area (Å²) in [5, 5.41) is 0. The fourth-order valence-corrected chi connectivity index (χ4v) is 1.89. The first kappa shape index (κ1) is 10.1. The molecule has 2 nitrogen and oxygen atoms in total. The van der Waals surface area contributed by atoms with Crippen LogP contribution in [0.2, 0.25) is 0 Å². The van der Waals surface area contributed by atoms with Crippen LogP contribution in [-0.2, 0) is 0 Å². The molecule has 1 atom stereocenters. The van der Waals surface area contributed by atoms with E-state index in [4.69, 9.17) is 0 Å². The van der Waals surface area contributed by atoms with E-state index < -0.39 is 0 Å². The van der Waals surface area contributed by atoms with Crippen molar-refractivity contribution in [1.29, 1.82) is 0 Å². The van der Waals surface area contributed by atoms with Gasteiger partial charge in [-0.05, 0) is 30.0 Å². The van der Waals surface area contributed by atoms with Crippen molar-refractivity contribution in [2.45, 2.75) is 32.6 Å². The van der Waals surface area contributed by atoms with Crippen LogP contribution in [-0.4, -0.2) is 9.97 Å². The molecule has 0 bridgehead atoms. The van der Waals surface area contributed by atoms with Crippen molar-refractivity contribution < 1.29 is 0 Å². The van der Waals surface area contributed by atoms with Gasteiger partial charge in [0.2, 0.25) is 0 Å². The van der Waals surface area contributed by atoms with Gasteiger partial charge >= 0.3 is 0 Å². The maximum atomic E-state index is 4.32. The third-order valence-electron chi connectivity index (χ3n) is 2.78. The lowest BCUT2D eigenvalue weighted by atomic mass is 9.96. The summed E-state index contributed by atoms with van der Waals surface area (Å²) in [5.41, 5.74) is 3.34. The maximum Gasteiger partial charge on any atom is 0.0889 e. The van der Waals surface area contributed by atoms with Gasteiger partial charge in [-0.15, -0.1) is 0 Å². The Bertz CT molecular complexity index is 451. The number of hydrogen-bond acceptors (Lipinski definition) is 2. The first-order chi connectivity index (χ1) is 7.31. The van der Waals surface area contributed by atoms with Gasteiger partial charge in [0.1, 0.15) is 0 Å². The molecule has 1 aromatic heterocycles. The standard InChI is InChI=1S/C13H16N2/c1-3-4-10(2)11-5-6-12-13(9-11)15-8-7-14-12/h5-10H,3-4H2,1-2H3. The molecule has 2 aromatic rings. The Labute approximate surface area is 90.4 Å². The molecule has 0 aliphatic rings. The highest BCUT2D eigenvalue weighted by molar-refractivity contribution is 5.74. The van der Waals surface area contributed by atoms with Gasteiger partial charge < -0.3 is 0 Å². The molecule has 1 aromatic carbocycles. The number of benzene rings is 1. The van der Waals surface area contributed by atoms with Crippen LogP contribution in [0.25, 0.3) is 11.0 Å². The van der Waals surface area contributed by atoms with E-state index >= 15 is 0 Å². The highest BCUT2D eigenvalue weighted by Gasteiger charge is 2.05. The first-order valence-corrected chi connectivity index (χ1v) is 5.52. The van der Waals surface area contributed by atoms with Gasteiger partial charge in [-0.3, -0.25) is 9.97 Å². The smallest absolute Gasteiger partial charge is 0.0889 e. The van der Waals surface area contributed by atoms with Gasteiger partial charge in [-0.25, -0.2) is 0 Å². The van der Waals surface area contributed by atoms with E-state index in [2.05, 4.69) is 42.0 Å². The van der Waals surface area contributed by atoms with E-state index in [0.29, 0.717) is 5.92 Å². The molecule has 0 saturated carbocycles. The quantitative estimate of drug-likeness (QED) is 0.757. The van der Waals surface area contributed by atoms with Crippen molar-refractivity contribution in [2.24, 2.45) is 0 Å². The molecule has 0 saturated heterocycles. The second-order valence-corrected chi connectivity index (χ2v) is 3.99. The molecule has 1 unspecified atom stereocenters. The lowest BCUT2D eigenvalue weighted by Gasteiger charge is -2.10. The molecule has 0 fully saturated rings. The summed E-state index contributed by atoms with van der Waals surface area (Å²) in [7, 11) is 0. The van der Waals surface area contributed by atoms with E-state index in [9.17, 15) is 0 Å². The molecule has 0 N–H and O–H groups in total. The second kappa shape index (κ2) is 4.39. The van der Waals surface area contributed by atoms with Crippen LogP contribution >= 0.6 is 0 Å². The van der Waals surface area contributed by atoms with Crippen molar-refractivity contribution in [2.75, 3.05) is 0 Å². The molecule has 0 aliphatic carbocycles. The molecule has 0 radical (unpaired) electrons. The number of rotatable bonds is 3. The largest absolute Gasteiger partial charge is 0.253 e. The summed E-state index contributed by atoms with van der Waals surface area (Å²) in [4.78, 5) is 8.59. The molecule has 15 heavy (non-hydrogen) atoms. The Morgan fingerprint density at radius 1 is 1.13 bits per heavy atom. The topological polar surface area (TPSA) is 25.8 Å². The minimum atomic E-state index is 0.612. The van der Waals surface area contributed by atoms with E-state index in [1.54, 1.807) is 12.4 Å². The Hall–Kier alpha value is -1.44. The number of hydrogen-bond donors (Lipinski definition) is 0. The Morgan fingerprint density at radius 3 is 2.60 bits per heavy atom. The lowest BCUT2D eigenvalue weighted by Crippen LogP contribution is -1.93. The third kappa shape index (κ3) is 2.14. The van der Waals surface area contributed by atoms with Crippen LogP contribution in [0, 0.1) is 0 Å². The molecular formula is C13H16N2. The zero-order valence-corrected chi connectivity index (χ0v) is 9.27. The molecule has 78 valence electrons. The molecule has 2 rings (SSSR count). The second-order valence-electron chi connectivity index (χ2n) is 3.99. The lowest BCUT2D eigenvalue weighted by molar-refractivity contribution is 0.665. The predicted molar refractivity (Wildman–Crippen MR) is 62.9 cm³/mol. The van der Waals surface area contributed by atoms with Crippen LogP contribution < -0.4 is 0 Å². The average Bonchev–Trinajstić information content (AvgIpc) is 2.29. The van der Waals surface area contributed by atoms with Crippen molar-refractivity contribution >= 4 is 11.0 Å². The van der Waals surface area contributed by atoms with Gasteiger partial charge in [-0.1, -0.05) is 26.3 Å². The normalized spacial score (nSPS) is 12.9. The number of nitrogens with zero attached hydrogens (tertiary/aromatic N) is 2. The van der Waals surface area contributed by atoms with Crippen LogP contribution in [0.3, 0.4) is 0 Å². The van der Waals surface area contributed by atoms with Crippen molar-refractivity contribution in [3.8, 4) is 0 Å². The third-order valence-corrected chi connectivity index (χ3v) is 2.78. The predicted octanol–water partition coefficient (Wildman–Crippen LogP) is 3.53. The summed E-state index contributed by atoms with van der Waals surface area (Å²) in [6, 6.07) is 6.38. The minimum Gasteiger partial charge on any atom is -0.253 e. The van der Waals surface area contributed by atoms with Gasteiger partial charge in [-0.2, -0.15) is 0 Å². The number of fused-ring (bicyclic) bond motifs is 1. The minimum absolute atomic E-state index is 0.612. The van der Waals surface area contributed by atoms with Gasteiger partial charge in [0.25, 0.3) is 0 Å². The maximum absolute atomic E-state index is 4.32. The molecule has 0 spiro atoms. The highest BCUT2D eigenvalue weighted by Crippen LogP contribution is 2.22. The van der Waals surface area contributed by atoms with Crippen molar-refractivity contribution in [1.82, 2.24) is 9.97 Å². The van der Waals surface area contributed by atoms with E-state index in [-0.39, 0.29) is 0 Å². The van der Waals surface area contributed by atoms with Crippen LogP contribution in [0.1, 0.15) is 38.2 Å². The van der Waals surface area contributed by atoms with Crippen LogP contribution in [0.5, 0.6) is 0 Å². The molecule has 0 amide bonds. The summed E-state index contributed by atoms with van der Waals surface area (Å²) < 4.78 is 0. The Morgan fingerprint density at radius 2 is 1.87 bits per heavy atom. The summed E-state index contributed by atoms with van der Waals surface area (Å²) in [5.74, 6) is 0.612. The Kier molecular flexibility index (Phi) is 2.95. The molecular weight excluding hydrogens is 184 g/mol. The summed E-state index contributed by atoms with van der Waals surface area (Å²) in [6.45, 7) is 4.48. The first-order valence-electron chi connectivity index (χ1n) is 5.52. The molecule has 2 heteroatoms. The zero-order valence-electron chi connectivity index (χ0n) is 9.27. The SMILES string of the molecule is CCCC(C)c1ccc2nccnc2c1. The monoisotopic (exact) mass is 200 g/mol. The van der Waals surface area contributed by atoms with Gasteiger partial charge in [0.15, 0.2) is 0 Å². The summed E-state index contributed by atoms with van der Waals surface area (Å²) in [6.07, 6.45) is 5.93. The van der Waals surface area contributed by atoms with Crippen LogP contribution in [0.15, 0.2) is 30.6 Å².